The summed E-state index contributed by atoms with van der Waals surface area (Å²) >= 11 is 0. The molecule has 11 heteroatoms. The number of benzene rings is 2. The van der Waals surface area contributed by atoms with Crippen molar-refractivity contribution in [1.82, 2.24) is 9.97 Å². The van der Waals surface area contributed by atoms with E-state index < -0.39 is 23.5 Å². The van der Waals surface area contributed by atoms with Gasteiger partial charge in [0.15, 0.2) is 0 Å². The SMILES string of the molecule is C=CC(=O)Nc1cccc(-c2nc(Nc3ccc(F)c(N4CCOCC4)c3)ncc2C(F)(F)F)c1. The number of nitrogens with one attached hydrogen (secondary N) is 2. The standard InChI is InChI=1S/C24H21F4N5O2/c1-2-21(34)30-16-5-3-4-15(12-16)22-18(24(26,27)28)14-29-23(32-22)31-17-6-7-19(25)20(13-17)33-8-10-35-11-9-33/h2-7,12-14H,1,8-11H2,(H,30,34)(H,29,31,32). The van der Waals surface area contributed by atoms with Crippen LogP contribution in [-0.2, 0) is 15.7 Å². The number of alkyl halides is 3. The van der Waals surface area contributed by atoms with Gasteiger partial charge in [-0.15, -0.1) is 0 Å². The van der Waals surface area contributed by atoms with Crippen molar-refractivity contribution in [2.75, 3.05) is 41.8 Å². The molecule has 1 aliphatic heterocycles. The highest BCUT2D eigenvalue weighted by Crippen LogP contribution is 2.37. The number of ether oxygens (including phenoxy) is 1. The second-order valence-corrected chi connectivity index (χ2v) is 7.62. The van der Waals surface area contributed by atoms with Crippen LogP contribution in [-0.4, -0.2) is 42.2 Å². The molecule has 182 valence electrons. The number of nitrogens with zero attached hydrogens (tertiary/aromatic N) is 3. The lowest BCUT2D eigenvalue weighted by Gasteiger charge is -2.29. The molecule has 1 aliphatic rings. The molecule has 0 atom stereocenters. The van der Waals surface area contributed by atoms with Crippen LogP contribution in [0.4, 0.5) is 40.6 Å². The van der Waals surface area contributed by atoms with Crippen LogP contribution >= 0.6 is 0 Å². The molecule has 2 aromatic carbocycles. The molecule has 0 radical (unpaired) electrons. The lowest BCUT2D eigenvalue weighted by atomic mass is 10.1. The number of rotatable bonds is 6. The Morgan fingerprint density at radius 2 is 1.89 bits per heavy atom. The van der Waals surface area contributed by atoms with Crippen molar-refractivity contribution in [3.63, 3.8) is 0 Å². The largest absolute Gasteiger partial charge is 0.419 e. The van der Waals surface area contributed by atoms with Crippen LogP contribution < -0.4 is 15.5 Å². The predicted octanol–water partition coefficient (Wildman–Crippen LogP) is 5.01. The van der Waals surface area contributed by atoms with Gasteiger partial charge in [-0.05, 0) is 36.4 Å². The maximum atomic E-state index is 14.4. The van der Waals surface area contributed by atoms with Crippen LogP contribution in [0.1, 0.15) is 5.56 Å². The van der Waals surface area contributed by atoms with Crippen molar-refractivity contribution in [3.05, 3.63) is 72.7 Å². The normalized spacial score (nSPS) is 13.9. The summed E-state index contributed by atoms with van der Waals surface area (Å²) in [6.07, 6.45) is -2.98. The molecule has 35 heavy (non-hydrogen) atoms. The molecule has 0 spiro atoms. The maximum Gasteiger partial charge on any atom is 0.419 e. The Kier molecular flexibility index (Phi) is 6.97. The first-order chi connectivity index (χ1) is 16.7. The van der Waals surface area contributed by atoms with E-state index in [-0.39, 0.29) is 22.9 Å². The van der Waals surface area contributed by atoms with Crippen LogP contribution in [0.5, 0.6) is 0 Å². The number of amides is 1. The molecule has 1 aromatic heterocycles. The van der Waals surface area contributed by atoms with Crippen molar-refractivity contribution in [2.24, 2.45) is 0 Å². The van der Waals surface area contributed by atoms with E-state index in [1.54, 1.807) is 6.07 Å². The van der Waals surface area contributed by atoms with Crippen molar-refractivity contribution in [3.8, 4) is 11.3 Å². The van der Waals surface area contributed by atoms with Crippen LogP contribution in [0.15, 0.2) is 61.3 Å². The topological polar surface area (TPSA) is 79.4 Å². The van der Waals surface area contributed by atoms with E-state index in [2.05, 4.69) is 27.2 Å². The van der Waals surface area contributed by atoms with Gasteiger partial charge in [-0.2, -0.15) is 13.2 Å². The molecular weight excluding hydrogens is 466 g/mol. The number of hydrogen-bond acceptors (Lipinski definition) is 6. The molecule has 4 rings (SSSR count). The average molecular weight is 487 g/mol. The fourth-order valence-corrected chi connectivity index (χ4v) is 3.57. The summed E-state index contributed by atoms with van der Waals surface area (Å²) in [4.78, 5) is 21.4. The van der Waals surface area contributed by atoms with Crippen LogP contribution in [0.3, 0.4) is 0 Å². The second kappa shape index (κ2) is 10.1. The Balaban J connectivity index is 1.68. The van der Waals surface area contributed by atoms with Gasteiger partial charge in [0.2, 0.25) is 11.9 Å². The zero-order valence-electron chi connectivity index (χ0n) is 18.4. The number of hydrogen-bond donors (Lipinski definition) is 2. The number of anilines is 4. The summed E-state index contributed by atoms with van der Waals surface area (Å²) in [6.45, 7) is 5.32. The van der Waals surface area contributed by atoms with E-state index in [1.165, 1.54) is 36.4 Å². The molecule has 1 amide bonds. The molecule has 2 heterocycles. The fourth-order valence-electron chi connectivity index (χ4n) is 3.57. The zero-order valence-corrected chi connectivity index (χ0v) is 18.4. The predicted molar refractivity (Wildman–Crippen MR) is 124 cm³/mol. The molecule has 0 saturated carbocycles. The van der Waals surface area contributed by atoms with Gasteiger partial charge in [0, 0.05) is 36.2 Å². The van der Waals surface area contributed by atoms with Crippen molar-refractivity contribution in [1.29, 1.82) is 0 Å². The van der Waals surface area contributed by atoms with Gasteiger partial charge >= 0.3 is 6.18 Å². The first kappa shape index (κ1) is 24.1. The second-order valence-electron chi connectivity index (χ2n) is 7.62. The van der Waals surface area contributed by atoms with Crippen LogP contribution in [0.2, 0.25) is 0 Å². The Morgan fingerprint density at radius 3 is 2.60 bits per heavy atom. The molecule has 1 saturated heterocycles. The smallest absolute Gasteiger partial charge is 0.378 e. The molecule has 0 bridgehead atoms. The number of carbonyl (C=O) groups excluding carboxylic acids is 1. The summed E-state index contributed by atoms with van der Waals surface area (Å²) < 4.78 is 60.9. The molecule has 2 N–H and O–H groups in total. The molecule has 0 unspecified atom stereocenters. The van der Waals surface area contributed by atoms with E-state index in [9.17, 15) is 22.4 Å². The highest BCUT2D eigenvalue weighted by atomic mass is 19.4. The third-order valence-electron chi connectivity index (χ3n) is 5.24. The number of morpholine rings is 1. The van der Waals surface area contributed by atoms with E-state index >= 15 is 0 Å². The van der Waals surface area contributed by atoms with Gasteiger partial charge < -0.3 is 20.3 Å². The highest BCUT2D eigenvalue weighted by Gasteiger charge is 2.35. The van der Waals surface area contributed by atoms with Crippen LogP contribution in [0.25, 0.3) is 11.3 Å². The van der Waals surface area contributed by atoms with Gasteiger partial charge in [-0.3, -0.25) is 4.79 Å². The fraction of sp³-hybridized carbons (Fsp3) is 0.208. The minimum Gasteiger partial charge on any atom is -0.378 e. The van der Waals surface area contributed by atoms with E-state index in [0.29, 0.717) is 43.9 Å². The summed E-state index contributed by atoms with van der Waals surface area (Å²) in [6, 6.07) is 10.1. The van der Waals surface area contributed by atoms with Gasteiger partial charge in [-0.1, -0.05) is 18.7 Å². The summed E-state index contributed by atoms with van der Waals surface area (Å²) in [5.41, 5.74) is -0.259. The number of carbonyl (C=O) groups is 1. The monoisotopic (exact) mass is 487 g/mol. The number of halogens is 4. The van der Waals surface area contributed by atoms with E-state index in [0.717, 1.165) is 6.08 Å². The Hall–Kier alpha value is -3.99. The number of aromatic nitrogens is 2. The molecule has 7 nitrogen and oxygen atoms in total. The third kappa shape index (κ3) is 5.75. The third-order valence-corrected chi connectivity index (χ3v) is 5.24. The summed E-state index contributed by atoms with van der Waals surface area (Å²) in [7, 11) is 0. The first-order valence-corrected chi connectivity index (χ1v) is 10.6. The minimum absolute atomic E-state index is 0.104. The van der Waals surface area contributed by atoms with Gasteiger partial charge in [0.25, 0.3) is 0 Å². The van der Waals surface area contributed by atoms with E-state index in [1.807, 2.05) is 4.90 Å². The van der Waals surface area contributed by atoms with E-state index in [4.69, 9.17) is 4.74 Å². The Bertz CT molecular complexity index is 1240. The summed E-state index contributed by atoms with van der Waals surface area (Å²) in [5.74, 6) is -1.03. The van der Waals surface area contributed by atoms with Crippen molar-refractivity contribution >= 4 is 28.9 Å². The van der Waals surface area contributed by atoms with Crippen molar-refractivity contribution in [2.45, 2.75) is 6.18 Å². The lowest BCUT2D eigenvalue weighted by molar-refractivity contribution is -0.137. The average Bonchev–Trinajstić information content (AvgIpc) is 2.85. The van der Waals surface area contributed by atoms with Gasteiger partial charge in [-0.25, -0.2) is 14.4 Å². The molecule has 3 aromatic rings. The highest BCUT2D eigenvalue weighted by molar-refractivity contribution is 5.99. The molecular formula is C24H21F4N5O2. The van der Waals surface area contributed by atoms with Gasteiger partial charge in [0.05, 0.1) is 24.6 Å². The lowest BCUT2D eigenvalue weighted by Crippen LogP contribution is -2.36. The molecule has 0 aliphatic carbocycles. The quantitative estimate of drug-likeness (QED) is 0.376. The van der Waals surface area contributed by atoms with Crippen molar-refractivity contribution < 1.29 is 27.1 Å². The van der Waals surface area contributed by atoms with Crippen LogP contribution in [0, 0.1) is 5.82 Å². The molecule has 1 fully saturated rings. The Labute approximate surface area is 198 Å². The minimum atomic E-state index is -4.71. The summed E-state index contributed by atoms with van der Waals surface area (Å²) in [5, 5.41) is 5.37. The maximum absolute atomic E-state index is 14.4. The Morgan fingerprint density at radius 1 is 1.11 bits per heavy atom. The first-order valence-electron chi connectivity index (χ1n) is 10.6. The zero-order chi connectivity index (χ0) is 25.0. The van der Waals surface area contributed by atoms with Gasteiger partial charge in [0.1, 0.15) is 11.4 Å².